The minimum absolute atomic E-state index is 0.0618. The Morgan fingerprint density at radius 3 is 2.26 bits per heavy atom. The summed E-state index contributed by atoms with van der Waals surface area (Å²) < 4.78 is 11.0. The van der Waals surface area contributed by atoms with E-state index in [1.807, 2.05) is 24.3 Å². The van der Waals surface area contributed by atoms with Gasteiger partial charge in [-0.1, -0.05) is 29.8 Å². The number of ether oxygens (including phenoxy) is 2. The molecule has 0 bridgehead atoms. The summed E-state index contributed by atoms with van der Waals surface area (Å²) in [6, 6.07) is 17.1. The number of carbonyl (C=O) groups is 2. The van der Waals surface area contributed by atoms with Crippen molar-refractivity contribution >= 4 is 17.5 Å². The van der Waals surface area contributed by atoms with Crippen molar-refractivity contribution in [1.82, 2.24) is 15.1 Å². The lowest BCUT2D eigenvalue weighted by molar-refractivity contribution is -0.133. The van der Waals surface area contributed by atoms with E-state index >= 15 is 0 Å². The monoisotopic (exact) mass is 460 g/mol. The van der Waals surface area contributed by atoms with Gasteiger partial charge >= 0.3 is 0 Å². The Morgan fingerprint density at radius 2 is 1.65 bits per heavy atom. The minimum Gasteiger partial charge on any atom is -0.493 e. The number of carbonyl (C=O) groups excluding carboxylic acids is 2. The summed E-state index contributed by atoms with van der Waals surface area (Å²) in [7, 11) is 1.50. The van der Waals surface area contributed by atoms with Gasteiger partial charge in [0.2, 0.25) is 0 Å². The van der Waals surface area contributed by atoms with Gasteiger partial charge in [-0.3, -0.25) is 9.59 Å². The molecule has 0 atom stereocenters. The van der Waals surface area contributed by atoms with E-state index in [1.165, 1.54) is 19.6 Å². The van der Waals surface area contributed by atoms with Crippen molar-refractivity contribution in [3.8, 4) is 22.8 Å². The fourth-order valence-electron chi connectivity index (χ4n) is 3.79. The first kappa shape index (κ1) is 23.2. The lowest BCUT2D eigenvalue weighted by Gasteiger charge is -2.35. The summed E-state index contributed by atoms with van der Waals surface area (Å²) in [5, 5.41) is 8.77. The van der Waals surface area contributed by atoms with E-state index in [1.54, 1.807) is 23.1 Å². The van der Waals surface area contributed by atoms with Crippen molar-refractivity contribution in [3.05, 3.63) is 65.7 Å². The van der Waals surface area contributed by atoms with Gasteiger partial charge in [0.25, 0.3) is 5.91 Å². The third-order valence-electron chi connectivity index (χ3n) is 5.88. The van der Waals surface area contributed by atoms with Crippen molar-refractivity contribution in [2.24, 2.45) is 0 Å². The molecule has 0 spiro atoms. The van der Waals surface area contributed by atoms with Crippen LogP contribution in [0.4, 0.5) is 5.82 Å². The number of hydrogen-bond donors (Lipinski definition) is 0. The molecule has 1 amide bonds. The zero-order valence-corrected chi connectivity index (χ0v) is 19.7. The molecule has 0 radical (unpaired) electrons. The number of methoxy groups -OCH3 is 1. The smallest absolute Gasteiger partial charge is 0.260 e. The third kappa shape index (κ3) is 5.33. The Hall–Kier alpha value is -3.94. The molecule has 4 rings (SSSR count). The summed E-state index contributed by atoms with van der Waals surface area (Å²) in [5.74, 6) is 1.50. The first-order valence-electron chi connectivity index (χ1n) is 11.2. The van der Waals surface area contributed by atoms with E-state index in [0.717, 1.165) is 17.1 Å². The molecule has 1 aliphatic heterocycles. The molecule has 0 N–H and O–H groups in total. The van der Waals surface area contributed by atoms with Crippen LogP contribution in [0.3, 0.4) is 0 Å². The number of rotatable bonds is 7. The van der Waals surface area contributed by atoms with E-state index in [-0.39, 0.29) is 18.3 Å². The Bertz CT molecular complexity index is 1150. The van der Waals surface area contributed by atoms with Crippen LogP contribution in [-0.2, 0) is 4.79 Å². The number of piperazine rings is 1. The predicted molar refractivity (Wildman–Crippen MR) is 129 cm³/mol. The molecule has 2 aromatic carbocycles. The molecule has 1 aliphatic rings. The fourth-order valence-corrected chi connectivity index (χ4v) is 3.79. The molecule has 1 fully saturated rings. The minimum atomic E-state index is -0.0989. The van der Waals surface area contributed by atoms with Crippen LogP contribution in [0.15, 0.2) is 54.6 Å². The summed E-state index contributed by atoms with van der Waals surface area (Å²) in [6.45, 7) is 5.93. The number of ketones is 1. The van der Waals surface area contributed by atoms with Crippen molar-refractivity contribution in [3.63, 3.8) is 0 Å². The zero-order chi connectivity index (χ0) is 24.1. The van der Waals surface area contributed by atoms with Gasteiger partial charge < -0.3 is 19.3 Å². The van der Waals surface area contributed by atoms with Gasteiger partial charge in [0.15, 0.2) is 29.7 Å². The highest BCUT2D eigenvalue weighted by molar-refractivity contribution is 5.94. The third-order valence-corrected chi connectivity index (χ3v) is 5.88. The maximum Gasteiger partial charge on any atom is 0.260 e. The Morgan fingerprint density at radius 1 is 0.912 bits per heavy atom. The van der Waals surface area contributed by atoms with Crippen molar-refractivity contribution < 1.29 is 19.1 Å². The van der Waals surface area contributed by atoms with Gasteiger partial charge in [0.1, 0.15) is 0 Å². The molecule has 3 aromatic rings. The number of aromatic nitrogens is 2. The second-order valence-electron chi connectivity index (χ2n) is 8.22. The Balaban J connectivity index is 1.30. The largest absolute Gasteiger partial charge is 0.493 e. The van der Waals surface area contributed by atoms with Crippen LogP contribution < -0.4 is 14.4 Å². The number of nitrogens with zero attached hydrogens (tertiary/aromatic N) is 4. The summed E-state index contributed by atoms with van der Waals surface area (Å²) in [6.07, 6.45) is 0. The van der Waals surface area contributed by atoms with E-state index in [9.17, 15) is 9.59 Å². The molecule has 1 aromatic heterocycles. The molecule has 2 heterocycles. The average molecular weight is 461 g/mol. The van der Waals surface area contributed by atoms with Crippen LogP contribution >= 0.6 is 0 Å². The van der Waals surface area contributed by atoms with Crippen LogP contribution in [-0.4, -0.2) is 66.7 Å². The van der Waals surface area contributed by atoms with Gasteiger partial charge in [-0.15, -0.1) is 10.2 Å². The van der Waals surface area contributed by atoms with Gasteiger partial charge in [0.05, 0.1) is 12.8 Å². The van der Waals surface area contributed by atoms with Crippen molar-refractivity contribution in [1.29, 1.82) is 0 Å². The van der Waals surface area contributed by atoms with Crippen LogP contribution in [0.1, 0.15) is 22.8 Å². The second kappa shape index (κ2) is 10.3. The molecule has 176 valence electrons. The SMILES string of the molecule is COc1cc(C(C)=O)ccc1OCC(=O)N1CCN(c2ccc(-c3ccc(C)cc3)nn2)CC1. The molecule has 0 unspecified atom stereocenters. The number of Topliss-reactive ketones (excluding diaryl/α,β-unsaturated/α-hetero) is 1. The predicted octanol–water partition coefficient (Wildman–Crippen LogP) is 3.39. The molecule has 0 saturated carbocycles. The lowest BCUT2D eigenvalue weighted by Crippen LogP contribution is -2.50. The molecule has 8 nitrogen and oxygen atoms in total. The normalized spacial score (nSPS) is 13.5. The summed E-state index contributed by atoms with van der Waals surface area (Å²) in [5.41, 5.74) is 3.60. The molecule has 34 heavy (non-hydrogen) atoms. The number of anilines is 1. The van der Waals surface area contributed by atoms with Crippen LogP contribution in [0.25, 0.3) is 11.3 Å². The first-order valence-corrected chi connectivity index (χ1v) is 11.2. The van der Waals surface area contributed by atoms with Gasteiger partial charge in [-0.25, -0.2) is 0 Å². The number of amides is 1. The molecular formula is C26H28N4O4. The second-order valence-corrected chi connectivity index (χ2v) is 8.22. The quantitative estimate of drug-likeness (QED) is 0.500. The maximum atomic E-state index is 12.7. The highest BCUT2D eigenvalue weighted by Crippen LogP contribution is 2.28. The van der Waals surface area contributed by atoms with Gasteiger partial charge in [-0.2, -0.15) is 0 Å². The number of benzene rings is 2. The van der Waals surface area contributed by atoms with Crippen LogP contribution in [0.5, 0.6) is 11.5 Å². The maximum absolute atomic E-state index is 12.7. The lowest BCUT2D eigenvalue weighted by atomic mass is 10.1. The first-order chi connectivity index (χ1) is 16.4. The van der Waals surface area contributed by atoms with Crippen molar-refractivity contribution in [2.45, 2.75) is 13.8 Å². The molecule has 1 saturated heterocycles. The molecule has 8 heteroatoms. The standard InChI is InChI=1S/C26H28N4O4/c1-18-4-6-20(7-5-18)22-9-11-25(28-27-22)29-12-14-30(15-13-29)26(32)17-34-23-10-8-21(19(2)31)16-24(23)33-3/h4-11,16H,12-15,17H2,1-3H3. The van der Waals surface area contributed by atoms with Gasteiger partial charge in [0, 0.05) is 37.3 Å². The Kier molecular flexibility index (Phi) is 7.06. The average Bonchev–Trinajstić information content (AvgIpc) is 2.87. The fraction of sp³-hybridized carbons (Fsp3) is 0.308. The summed E-state index contributed by atoms with van der Waals surface area (Å²) in [4.78, 5) is 28.1. The van der Waals surface area contributed by atoms with Gasteiger partial charge in [-0.05, 0) is 44.2 Å². The summed E-state index contributed by atoms with van der Waals surface area (Å²) >= 11 is 0. The van der Waals surface area contributed by atoms with E-state index in [2.05, 4.69) is 34.2 Å². The number of aryl methyl sites for hydroxylation is 1. The molecular weight excluding hydrogens is 432 g/mol. The topological polar surface area (TPSA) is 84.9 Å². The molecule has 0 aliphatic carbocycles. The highest BCUT2D eigenvalue weighted by atomic mass is 16.5. The van der Waals surface area contributed by atoms with Crippen LogP contribution in [0.2, 0.25) is 0 Å². The Labute approximate surface area is 199 Å². The van der Waals surface area contributed by atoms with E-state index < -0.39 is 0 Å². The number of hydrogen-bond acceptors (Lipinski definition) is 7. The van der Waals surface area contributed by atoms with Crippen molar-refractivity contribution in [2.75, 3.05) is 44.8 Å². The highest BCUT2D eigenvalue weighted by Gasteiger charge is 2.23. The van der Waals surface area contributed by atoms with E-state index in [0.29, 0.717) is 43.2 Å². The van der Waals surface area contributed by atoms with E-state index in [4.69, 9.17) is 9.47 Å². The zero-order valence-electron chi connectivity index (χ0n) is 19.7. The van der Waals surface area contributed by atoms with Crippen LogP contribution in [0, 0.1) is 6.92 Å².